The summed E-state index contributed by atoms with van der Waals surface area (Å²) < 4.78 is 38.6. The highest BCUT2D eigenvalue weighted by Gasteiger charge is 2.44. The molecule has 0 spiro atoms. The summed E-state index contributed by atoms with van der Waals surface area (Å²) in [5.74, 6) is 2.16. The molecule has 2 fully saturated rings. The van der Waals surface area contributed by atoms with Crippen molar-refractivity contribution >= 4 is 15.9 Å². The SMILES string of the molecule is COc1ccc(S(=O)(=O)N2CCN(c3oc([C@H]4C[C@H]4c4ccccc4)nc3C#N)CC2)cc1. The first kappa shape index (κ1) is 21.5. The van der Waals surface area contributed by atoms with Crippen molar-refractivity contribution in [3.63, 3.8) is 0 Å². The lowest BCUT2D eigenvalue weighted by Gasteiger charge is -2.33. The monoisotopic (exact) mass is 464 g/mol. The van der Waals surface area contributed by atoms with Crippen molar-refractivity contribution in [1.82, 2.24) is 9.29 Å². The summed E-state index contributed by atoms with van der Waals surface area (Å²) in [6.07, 6.45) is 0.947. The van der Waals surface area contributed by atoms with Crippen molar-refractivity contribution in [2.45, 2.75) is 23.2 Å². The maximum Gasteiger partial charge on any atom is 0.243 e. The van der Waals surface area contributed by atoms with Crippen molar-refractivity contribution in [1.29, 1.82) is 5.26 Å². The molecule has 0 bridgehead atoms. The van der Waals surface area contributed by atoms with E-state index in [1.807, 2.05) is 23.1 Å². The Hall–Kier alpha value is -3.35. The zero-order valence-electron chi connectivity index (χ0n) is 18.2. The maximum atomic E-state index is 13.0. The lowest BCUT2D eigenvalue weighted by atomic mass is 10.1. The number of sulfonamides is 1. The minimum atomic E-state index is -3.60. The predicted molar refractivity (Wildman–Crippen MR) is 122 cm³/mol. The third-order valence-corrected chi connectivity index (χ3v) is 8.20. The molecule has 1 aliphatic heterocycles. The summed E-state index contributed by atoms with van der Waals surface area (Å²) in [7, 11) is -2.06. The van der Waals surface area contributed by atoms with E-state index in [9.17, 15) is 13.7 Å². The van der Waals surface area contributed by atoms with E-state index in [4.69, 9.17) is 9.15 Å². The molecule has 1 aromatic heterocycles. The van der Waals surface area contributed by atoms with Gasteiger partial charge < -0.3 is 14.1 Å². The van der Waals surface area contributed by atoms with Gasteiger partial charge in [-0.15, -0.1) is 0 Å². The molecular weight excluding hydrogens is 440 g/mol. The molecule has 9 heteroatoms. The first-order valence-corrected chi connectivity index (χ1v) is 12.3. The van der Waals surface area contributed by atoms with E-state index < -0.39 is 10.0 Å². The van der Waals surface area contributed by atoms with E-state index in [-0.39, 0.29) is 16.5 Å². The van der Waals surface area contributed by atoms with Gasteiger partial charge in [-0.05, 0) is 42.2 Å². The van der Waals surface area contributed by atoms with Crippen LogP contribution in [0, 0.1) is 11.3 Å². The minimum absolute atomic E-state index is 0.171. The molecule has 2 aliphatic rings. The molecule has 0 unspecified atom stereocenters. The van der Waals surface area contributed by atoms with E-state index in [1.54, 1.807) is 24.3 Å². The summed E-state index contributed by atoms with van der Waals surface area (Å²) >= 11 is 0. The van der Waals surface area contributed by atoms with Crippen LogP contribution in [0.3, 0.4) is 0 Å². The standard InChI is InChI=1S/C24H24N4O4S/c1-31-18-7-9-19(10-8-18)33(29,30)28-13-11-27(12-14-28)24-22(16-25)26-23(32-24)21-15-20(21)17-5-3-2-4-6-17/h2-10,20-21H,11-15H2,1H3/t20-,21-/m0/s1. The highest BCUT2D eigenvalue weighted by Crippen LogP contribution is 2.54. The van der Waals surface area contributed by atoms with Crippen LogP contribution in [0.15, 0.2) is 63.9 Å². The molecule has 2 atom stereocenters. The Bertz CT molecular complexity index is 1270. The molecule has 0 N–H and O–H groups in total. The molecule has 8 nitrogen and oxygen atoms in total. The predicted octanol–water partition coefficient (Wildman–Crippen LogP) is 3.34. The molecule has 0 radical (unpaired) electrons. The molecule has 2 aromatic carbocycles. The lowest BCUT2D eigenvalue weighted by Crippen LogP contribution is -2.48. The van der Waals surface area contributed by atoms with Crippen LogP contribution in [-0.2, 0) is 10.0 Å². The number of hydrogen-bond acceptors (Lipinski definition) is 7. The fourth-order valence-electron chi connectivity index (χ4n) is 4.34. The Balaban J connectivity index is 1.28. The van der Waals surface area contributed by atoms with E-state index in [1.165, 1.54) is 17.0 Å². The Morgan fingerprint density at radius 1 is 1.03 bits per heavy atom. The molecule has 2 heterocycles. The summed E-state index contributed by atoms with van der Waals surface area (Å²) in [5.41, 5.74) is 1.51. The molecule has 5 rings (SSSR count). The largest absolute Gasteiger partial charge is 0.497 e. The highest BCUT2D eigenvalue weighted by atomic mass is 32.2. The van der Waals surface area contributed by atoms with Crippen LogP contribution in [0.5, 0.6) is 5.75 Å². The van der Waals surface area contributed by atoms with E-state index in [0.717, 1.165) is 6.42 Å². The van der Waals surface area contributed by atoms with Gasteiger partial charge >= 0.3 is 0 Å². The van der Waals surface area contributed by atoms with Crippen LogP contribution in [-0.4, -0.2) is 51.0 Å². The van der Waals surface area contributed by atoms with Gasteiger partial charge in [0.15, 0.2) is 0 Å². The van der Waals surface area contributed by atoms with Crippen LogP contribution in [0.2, 0.25) is 0 Å². The second-order valence-corrected chi connectivity index (χ2v) is 10.2. The van der Waals surface area contributed by atoms with Gasteiger partial charge in [0.2, 0.25) is 27.5 Å². The van der Waals surface area contributed by atoms with Crippen LogP contribution in [0.1, 0.15) is 35.4 Å². The first-order chi connectivity index (χ1) is 16.0. The van der Waals surface area contributed by atoms with Crippen LogP contribution in [0.25, 0.3) is 0 Å². The summed E-state index contributed by atoms with van der Waals surface area (Å²) in [4.78, 5) is 6.61. The maximum absolute atomic E-state index is 13.0. The van der Waals surface area contributed by atoms with Crippen molar-refractivity contribution in [3.05, 3.63) is 71.7 Å². The van der Waals surface area contributed by atoms with Gasteiger partial charge in [0.1, 0.15) is 11.8 Å². The number of anilines is 1. The van der Waals surface area contributed by atoms with Crippen molar-refractivity contribution in [2.24, 2.45) is 0 Å². The van der Waals surface area contributed by atoms with Crippen LogP contribution >= 0.6 is 0 Å². The fourth-order valence-corrected chi connectivity index (χ4v) is 5.76. The number of methoxy groups -OCH3 is 1. The average Bonchev–Trinajstić information content (AvgIpc) is 3.55. The fraction of sp³-hybridized carbons (Fsp3) is 0.333. The minimum Gasteiger partial charge on any atom is -0.497 e. The van der Waals surface area contributed by atoms with E-state index >= 15 is 0 Å². The van der Waals surface area contributed by atoms with Crippen molar-refractivity contribution in [2.75, 3.05) is 38.2 Å². The molecule has 1 aliphatic carbocycles. The van der Waals surface area contributed by atoms with Crippen LogP contribution < -0.4 is 9.64 Å². The average molecular weight is 465 g/mol. The van der Waals surface area contributed by atoms with E-state index in [0.29, 0.717) is 49.6 Å². The number of piperazine rings is 1. The zero-order valence-corrected chi connectivity index (χ0v) is 19.0. The van der Waals surface area contributed by atoms with Gasteiger partial charge in [0, 0.05) is 32.1 Å². The molecule has 3 aromatic rings. The van der Waals surface area contributed by atoms with Gasteiger partial charge in [-0.1, -0.05) is 30.3 Å². The van der Waals surface area contributed by atoms with Crippen molar-refractivity contribution in [3.8, 4) is 11.8 Å². The molecular formula is C24H24N4O4S. The van der Waals surface area contributed by atoms with Gasteiger partial charge in [0.25, 0.3) is 0 Å². The third-order valence-electron chi connectivity index (χ3n) is 6.29. The van der Waals surface area contributed by atoms with Gasteiger partial charge in [-0.2, -0.15) is 9.57 Å². The molecule has 1 saturated heterocycles. The number of ether oxygens (including phenoxy) is 1. The topological polar surface area (TPSA) is 99.7 Å². The zero-order chi connectivity index (χ0) is 23.0. The second-order valence-electron chi connectivity index (χ2n) is 8.24. The Labute approximate surface area is 193 Å². The molecule has 1 saturated carbocycles. The number of aromatic nitrogens is 1. The molecule has 170 valence electrons. The summed E-state index contributed by atoms with van der Waals surface area (Å²) in [6, 6.07) is 18.7. The summed E-state index contributed by atoms with van der Waals surface area (Å²) in [6.45, 7) is 1.44. The van der Waals surface area contributed by atoms with Gasteiger partial charge in [0.05, 0.1) is 12.0 Å². The third kappa shape index (κ3) is 4.08. The second kappa shape index (κ2) is 8.54. The normalized spacial score (nSPS) is 20.9. The highest BCUT2D eigenvalue weighted by molar-refractivity contribution is 7.89. The van der Waals surface area contributed by atoms with Gasteiger partial charge in [-0.3, -0.25) is 0 Å². The number of benzene rings is 2. The Kier molecular flexibility index (Phi) is 5.56. The quantitative estimate of drug-likeness (QED) is 0.552. The number of rotatable bonds is 6. The number of nitrogens with zero attached hydrogens (tertiary/aromatic N) is 4. The van der Waals surface area contributed by atoms with Gasteiger partial charge in [-0.25, -0.2) is 13.4 Å². The Morgan fingerprint density at radius 3 is 2.36 bits per heavy atom. The number of nitriles is 1. The summed E-state index contributed by atoms with van der Waals surface area (Å²) in [5, 5.41) is 9.60. The Morgan fingerprint density at radius 2 is 1.73 bits per heavy atom. The smallest absolute Gasteiger partial charge is 0.243 e. The van der Waals surface area contributed by atoms with Crippen molar-refractivity contribution < 1.29 is 17.6 Å². The van der Waals surface area contributed by atoms with Crippen LogP contribution in [0.4, 0.5) is 5.88 Å². The number of hydrogen-bond donors (Lipinski definition) is 0. The molecule has 33 heavy (non-hydrogen) atoms. The van der Waals surface area contributed by atoms with E-state index in [2.05, 4.69) is 23.2 Å². The first-order valence-electron chi connectivity index (χ1n) is 10.9. The lowest BCUT2D eigenvalue weighted by molar-refractivity contribution is 0.370. The number of oxazole rings is 1. The molecule has 0 amide bonds.